The molecule has 1 aliphatic rings. The predicted octanol–water partition coefficient (Wildman–Crippen LogP) is 2.19. The topological polar surface area (TPSA) is 74.7 Å². The Kier molecular flexibility index (Phi) is 4.46. The van der Waals surface area contributed by atoms with Crippen molar-refractivity contribution in [1.29, 1.82) is 0 Å². The lowest BCUT2D eigenvalue weighted by Crippen LogP contribution is -2.34. The highest BCUT2D eigenvalue weighted by Crippen LogP contribution is 2.39. The number of halogens is 3. The second-order valence-electron chi connectivity index (χ2n) is 5.68. The molecule has 1 aromatic rings. The van der Waals surface area contributed by atoms with Crippen molar-refractivity contribution < 1.29 is 31.5 Å². The molecule has 1 aromatic carbocycles. The van der Waals surface area contributed by atoms with E-state index in [1.54, 1.807) is 26.0 Å². The molecule has 23 heavy (non-hydrogen) atoms. The van der Waals surface area contributed by atoms with E-state index in [1.165, 1.54) is 6.07 Å². The van der Waals surface area contributed by atoms with Crippen molar-refractivity contribution in [2.24, 2.45) is 11.8 Å². The van der Waals surface area contributed by atoms with Crippen LogP contribution in [0.4, 0.5) is 13.2 Å². The molecular formula is C14H16F3NO4S. The number of aliphatic carboxylic acids is 1. The molecule has 0 aromatic heterocycles. The van der Waals surface area contributed by atoms with Crippen LogP contribution >= 0.6 is 0 Å². The minimum Gasteiger partial charge on any atom is -0.481 e. The lowest BCUT2D eigenvalue weighted by molar-refractivity contribution is -0.187. The zero-order chi connectivity index (χ0) is 17.6. The Morgan fingerprint density at radius 2 is 1.87 bits per heavy atom. The number of carboxylic acids is 1. The van der Waals surface area contributed by atoms with Gasteiger partial charge in [0.25, 0.3) is 0 Å². The van der Waals surface area contributed by atoms with E-state index in [4.69, 9.17) is 5.11 Å². The molecule has 0 bridgehead atoms. The highest BCUT2D eigenvalue weighted by molar-refractivity contribution is 7.89. The van der Waals surface area contributed by atoms with Gasteiger partial charge in [0.05, 0.1) is 16.7 Å². The van der Waals surface area contributed by atoms with E-state index in [2.05, 4.69) is 0 Å². The van der Waals surface area contributed by atoms with E-state index >= 15 is 0 Å². The van der Waals surface area contributed by atoms with E-state index in [-0.39, 0.29) is 4.90 Å². The van der Waals surface area contributed by atoms with Crippen LogP contribution in [0, 0.1) is 25.7 Å². The third kappa shape index (κ3) is 3.35. The average molecular weight is 351 g/mol. The third-order valence-corrected chi connectivity index (χ3v) is 5.96. The molecule has 1 N–H and O–H groups in total. The fraction of sp³-hybridized carbons (Fsp3) is 0.500. The van der Waals surface area contributed by atoms with Crippen LogP contribution in [0.15, 0.2) is 23.1 Å². The standard InChI is InChI=1S/C14H16F3NO4S/c1-8-3-4-12(9(2)5-8)23(21,22)18-6-10(13(19)20)11(7-18)14(15,16)17/h3-5,10-11H,6-7H2,1-2H3,(H,19,20)/t10-,11-/m1/s1. The van der Waals surface area contributed by atoms with Crippen LogP contribution in [-0.2, 0) is 14.8 Å². The van der Waals surface area contributed by atoms with E-state index in [1.807, 2.05) is 0 Å². The van der Waals surface area contributed by atoms with Crippen molar-refractivity contribution in [3.8, 4) is 0 Å². The van der Waals surface area contributed by atoms with Crippen LogP contribution in [0.2, 0.25) is 0 Å². The summed E-state index contributed by atoms with van der Waals surface area (Å²) < 4.78 is 64.7. The van der Waals surface area contributed by atoms with Crippen molar-refractivity contribution in [3.63, 3.8) is 0 Å². The van der Waals surface area contributed by atoms with Gasteiger partial charge in [0, 0.05) is 13.1 Å². The highest BCUT2D eigenvalue weighted by Gasteiger charge is 2.55. The summed E-state index contributed by atoms with van der Waals surface area (Å²) in [7, 11) is -4.18. The van der Waals surface area contributed by atoms with E-state index < -0.39 is 47.1 Å². The Bertz CT molecular complexity index is 730. The summed E-state index contributed by atoms with van der Waals surface area (Å²) in [4.78, 5) is 11.0. The molecule has 9 heteroatoms. The van der Waals surface area contributed by atoms with Crippen LogP contribution in [0.1, 0.15) is 11.1 Å². The normalized spacial score (nSPS) is 23.2. The fourth-order valence-electron chi connectivity index (χ4n) is 2.77. The second kappa shape index (κ2) is 5.79. The van der Waals surface area contributed by atoms with Crippen LogP contribution in [0.5, 0.6) is 0 Å². The maximum Gasteiger partial charge on any atom is 0.393 e. The first-order valence-corrected chi connectivity index (χ1v) is 8.25. The first-order chi connectivity index (χ1) is 10.4. The number of sulfonamides is 1. The van der Waals surface area contributed by atoms with Crippen molar-refractivity contribution >= 4 is 16.0 Å². The van der Waals surface area contributed by atoms with Gasteiger partial charge < -0.3 is 5.11 Å². The zero-order valence-corrected chi connectivity index (χ0v) is 13.3. The molecule has 0 amide bonds. The Balaban J connectivity index is 2.40. The van der Waals surface area contributed by atoms with Crippen molar-refractivity contribution in [1.82, 2.24) is 4.31 Å². The quantitative estimate of drug-likeness (QED) is 0.906. The van der Waals surface area contributed by atoms with Gasteiger partial charge in [-0.15, -0.1) is 0 Å². The Morgan fingerprint density at radius 1 is 1.26 bits per heavy atom. The molecule has 2 atom stereocenters. The summed E-state index contributed by atoms with van der Waals surface area (Å²) >= 11 is 0. The number of alkyl halides is 3. The molecule has 0 aliphatic carbocycles. The van der Waals surface area contributed by atoms with Gasteiger partial charge in [-0.3, -0.25) is 4.79 Å². The lowest BCUT2D eigenvalue weighted by Gasteiger charge is -2.19. The van der Waals surface area contributed by atoms with Gasteiger partial charge in [-0.25, -0.2) is 8.42 Å². The summed E-state index contributed by atoms with van der Waals surface area (Å²) in [5, 5.41) is 8.97. The maximum absolute atomic E-state index is 13.0. The maximum atomic E-state index is 13.0. The number of hydrogen-bond donors (Lipinski definition) is 1. The van der Waals surface area contributed by atoms with Gasteiger partial charge in [0.1, 0.15) is 0 Å². The largest absolute Gasteiger partial charge is 0.481 e. The number of nitrogens with zero attached hydrogens (tertiary/aromatic N) is 1. The summed E-state index contributed by atoms with van der Waals surface area (Å²) in [6, 6.07) is 4.49. The molecule has 5 nitrogen and oxygen atoms in total. The number of aryl methyl sites for hydroxylation is 2. The molecule has 128 valence electrons. The third-order valence-electron chi connectivity index (χ3n) is 3.97. The van der Waals surface area contributed by atoms with E-state index in [9.17, 15) is 26.4 Å². The Hall–Kier alpha value is -1.61. The molecular weight excluding hydrogens is 335 g/mol. The van der Waals surface area contributed by atoms with Crippen LogP contribution in [-0.4, -0.2) is 43.1 Å². The fourth-order valence-corrected chi connectivity index (χ4v) is 4.47. The lowest BCUT2D eigenvalue weighted by atomic mass is 9.96. The summed E-state index contributed by atoms with van der Waals surface area (Å²) in [6.45, 7) is 1.75. The van der Waals surface area contributed by atoms with Crippen LogP contribution < -0.4 is 0 Å². The smallest absolute Gasteiger partial charge is 0.393 e. The molecule has 2 rings (SSSR count). The number of carboxylic acid groups (broad SMARTS) is 1. The monoisotopic (exact) mass is 351 g/mol. The van der Waals surface area contributed by atoms with Gasteiger partial charge in [-0.1, -0.05) is 17.7 Å². The predicted molar refractivity (Wildman–Crippen MR) is 75.3 cm³/mol. The minimum absolute atomic E-state index is 0.102. The molecule has 0 unspecified atom stereocenters. The van der Waals surface area contributed by atoms with Crippen LogP contribution in [0.3, 0.4) is 0 Å². The Labute approximate surface area is 131 Å². The molecule has 0 spiro atoms. The number of benzene rings is 1. The van der Waals surface area contributed by atoms with Gasteiger partial charge in [-0.2, -0.15) is 17.5 Å². The summed E-state index contributed by atoms with van der Waals surface area (Å²) in [6.07, 6.45) is -4.77. The number of hydrogen-bond acceptors (Lipinski definition) is 3. The molecule has 1 heterocycles. The molecule has 1 aliphatic heterocycles. The van der Waals surface area contributed by atoms with E-state index in [0.29, 0.717) is 9.87 Å². The summed E-state index contributed by atoms with van der Waals surface area (Å²) in [5.41, 5.74) is 1.23. The molecule has 1 fully saturated rings. The molecule has 0 radical (unpaired) electrons. The zero-order valence-electron chi connectivity index (χ0n) is 12.5. The number of rotatable bonds is 3. The van der Waals surface area contributed by atoms with Crippen molar-refractivity contribution in [2.75, 3.05) is 13.1 Å². The Morgan fingerprint density at radius 3 is 2.30 bits per heavy atom. The average Bonchev–Trinajstić information content (AvgIpc) is 2.83. The van der Waals surface area contributed by atoms with Gasteiger partial charge in [-0.05, 0) is 25.5 Å². The van der Waals surface area contributed by atoms with Gasteiger partial charge in [0.2, 0.25) is 10.0 Å². The van der Waals surface area contributed by atoms with E-state index in [0.717, 1.165) is 5.56 Å². The first-order valence-electron chi connectivity index (χ1n) is 6.81. The number of carbonyl (C=O) groups is 1. The van der Waals surface area contributed by atoms with Crippen molar-refractivity contribution in [3.05, 3.63) is 29.3 Å². The van der Waals surface area contributed by atoms with Crippen LogP contribution in [0.25, 0.3) is 0 Å². The second-order valence-corrected chi connectivity index (χ2v) is 7.59. The highest BCUT2D eigenvalue weighted by atomic mass is 32.2. The summed E-state index contributed by atoms with van der Waals surface area (Å²) in [5.74, 6) is -5.65. The molecule has 1 saturated heterocycles. The minimum atomic E-state index is -4.77. The van der Waals surface area contributed by atoms with Gasteiger partial charge >= 0.3 is 12.1 Å². The van der Waals surface area contributed by atoms with Gasteiger partial charge in [0.15, 0.2) is 0 Å². The molecule has 0 saturated carbocycles. The first kappa shape index (κ1) is 17.7. The SMILES string of the molecule is Cc1ccc(S(=O)(=O)N2C[C@@H](C(F)(F)F)[C@H](C(=O)O)C2)c(C)c1. The van der Waals surface area contributed by atoms with Crippen molar-refractivity contribution in [2.45, 2.75) is 24.9 Å².